The third-order valence-electron chi connectivity index (χ3n) is 4.08. The van der Waals surface area contributed by atoms with Gasteiger partial charge in [0.15, 0.2) is 5.76 Å². The summed E-state index contributed by atoms with van der Waals surface area (Å²) in [6, 6.07) is 1.93. The second kappa shape index (κ2) is 7.12. The summed E-state index contributed by atoms with van der Waals surface area (Å²) >= 11 is 1.61. The van der Waals surface area contributed by atoms with Gasteiger partial charge in [0.05, 0.1) is 18.3 Å². The summed E-state index contributed by atoms with van der Waals surface area (Å²) in [6.45, 7) is 5.25. The number of hydrogen-bond acceptors (Lipinski definition) is 5. The lowest BCUT2D eigenvalue weighted by Gasteiger charge is -2.34. The average Bonchev–Trinajstić information content (AvgIpc) is 3.24. The molecule has 0 aromatic carbocycles. The molecule has 2 amide bonds. The zero-order chi connectivity index (χ0) is 16.2. The van der Waals surface area contributed by atoms with Crippen molar-refractivity contribution in [3.63, 3.8) is 0 Å². The Hall–Kier alpha value is -1.89. The molecule has 1 saturated heterocycles. The lowest BCUT2D eigenvalue weighted by Crippen LogP contribution is -2.44. The quantitative estimate of drug-likeness (QED) is 0.925. The highest BCUT2D eigenvalue weighted by atomic mass is 32.1. The second-order valence-electron chi connectivity index (χ2n) is 6.11. The smallest absolute Gasteiger partial charge is 0.318 e. The number of aromatic nitrogens is 2. The number of piperidine rings is 1. The molecule has 0 bridgehead atoms. The number of carbonyl (C=O) groups is 1. The largest absolute Gasteiger partial charge is 0.359 e. The fourth-order valence-electron chi connectivity index (χ4n) is 2.78. The third-order valence-corrected chi connectivity index (χ3v) is 4.96. The zero-order valence-corrected chi connectivity index (χ0v) is 14.3. The van der Waals surface area contributed by atoms with E-state index in [1.807, 2.05) is 16.3 Å². The van der Waals surface area contributed by atoms with Crippen LogP contribution >= 0.6 is 11.3 Å². The Morgan fingerprint density at radius 3 is 3.09 bits per heavy atom. The van der Waals surface area contributed by atoms with Crippen molar-refractivity contribution < 1.29 is 9.32 Å². The van der Waals surface area contributed by atoms with E-state index in [2.05, 4.69) is 29.3 Å². The van der Waals surface area contributed by atoms with Gasteiger partial charge in [0.1, 0.15) is 5.01 Å². The average molecular weight is 334 g/mol. The summed E-state index contributed by atoms with van der Waals surface area (Å²) < 4.78 is 5.27. The van der Waals surface area contributed by atoms with Gasteiger partial charge in [-0.2, -0.15) is 0 Å². The molecule has 2 aromatic heterocycles. The number of urea groups is 1. The molecule has 0 spiro atoms. The first-order valence-corrected chi connectivity index (χ1v) is 8.92. The summed E-state index contributed by atoms with van der Waals surface area (Å²) in [5, 5.41) is 9.93. The minimum absolute atomic E-state index is 0.0626. The molecule has 124 valence electrons. The summed E-state index contributed by atoms with van der Waals surface area (Å²) in [5.41, 5.74) is 0.910. The number of hydrogen-bond donors (Lipinski definition) is 1. The van der Waals surface area contributed by atoms with E-state index in [-0.39, 0.29) is 12.1 Å². The summed E-state index contributed by atoms with van der Waals surface area (Å²) in [7, 11) is 0. The summed E-state index contributed by atoms with van der Waals surface area (Å²) in [6.07, 6.45) is 4.94. The van der Waals surface area contributed by atoms with E-state index in [9.17, 15) is 4.79 Å². The number of likely N-dealkylation sites (tertiary alicyclic amines) is 1. The highest BCUT2D eigenvalue weighted by Gasteiger charge is 2.29. The molecule has 6 nitrogen and oxygen atoms in total. The van der Waals surface area contributed by atoms with Crippen LogP contribution in [-0.2, 0) is 6.54 Å². The molecule has 1 aliphatic rings. The first kappa shape index (κ1) is 16.0. The van der Waals surface area contributed by atoms with Gasteiger partial charge < -0.3 is 14.7 Å². The number of carbonyl (C=O) groups excluding carboxylic acids is 1. The molecule has 1 aliphatic heterocycles. The minimum atomic E-state index is -0.0626. The zero-order valence-electron chi connectivity index (χ0n) is 13.5. The topological polar surface area (TPSA) is 71.3 Å². The molecule has 0 unspecified atom stereocenters. The van der Waals surface area contributed by atoms with Gasteiger partial charge >= 0.3 is 6.03 Å². The lowest BCUT2D eigenvalue weighted by atomic mass is 10.0. The van der Waals surface area contributed by atoms with Crippen LogP contribution in [0.2, 0.25) is 0 Å². The Balaban J connectivity index is 1.61. The van der Waals surface area contributed by atoms with Gasteiger partial charge in [-0.25, -0.2) is 9.78 Å². The minimum Gasteiger partial charge on any atom is -0.359 e. The molecule has 1 N–H and O–H groups in total. The molecule has 3 rings (SSSR count). The Kier molecular flexibility index (Phi) is 4.95. The Labute approximate surface area is 139 Å². The van der Waals surface area contributed by atoms with Crippen LogP contribution in [0.4, 0.5) is 4.79 Å². The van der Waals surface area contributed by atoms with E-state index in [1.54, 1.807) is 17.5 Å². The Morgan fingerprint density at radius 1 is 1.52 bits per heavy atom. The molecule has 0 saturated carbocycles. The molecular weight excluding hydrogens is 312 g/mol. The SMILES string of the molecule is CC(C)c1cc(CNC(=O)N2CCCC[C@@H]2c2nccs2)on1. The summed E-state index contributed by atoms with van der Waals surface area (Å²) in [5.74, 6) is 1.00. The predicted molar refractivity (Wildman–Crippen MR) is 88.2 cm³/mol. The van der Waals surface area contributed by atoms with Crippen molar-refractivity contribution in [1.29, 1.82) is 0 Å². The fraction of sp³-hybridized carbons (Fsp3) is 0.562. The van der Waals surface area contributed by atoms with E-state index < -0.39 is 0 Å². The number of amides is 2. The standard InChI is InChI=1S/C16H22N4O2S/c1-11(2)13-9-12(22-19-13)10-18-16(21)20-7-4-3-5-14(20)15-17-6-8-23-15/h6,8-9,11,14H,3-5,7,10H2,1-2H3,(H,18,21)/t14-/m1/s1. The van der Waals surface area contributed by atoms with E-state index in [0.717, 1.165) is 36.5 Å². The highest BCUT2D eigenvalue weighted by Crippen LogP contribution is 2.31. The molecular formula is C16H22N4O2S. The second-order valence-corrected chi connectivity index (χ2v) is 7.03. The Morgan fingerprint density at radius 2 is 2.39 bits per heavy atom. The van der Waals surface area contributed by atoms with E-state index in [1.165, 1.54) is 0 Å². The first-order chi connectivity index (χ1) is 11.1. The molecule has 7 heteroatoms. The number of nitrogens with zero attached hydrogens (tertiary/aromatic N) is 3. The monoisotopic (exact) mass is 334 g/mol. The maximum absolute atomic E-state index is 12.5. The van der Waals surface area contributed by atoms with Crippen LogP contribution in [0.3, 0.4) is 0 Å². The van der Waals surface area contributed by atoms with Crippen LogP contribution in [0.1, 0.15) is 61.5 Å². The van der Waals surface area contributed by atoms with Crippen LogP contribution in [0.5, 0.6) is 0 Å². The third kappa shape index (κ3) is 3.72. The van der Waals surface area contributed by atoms with Crippen molar-refractivity contribution in [2.75, 3.05) is 6.54 Å². The number of thiazole rings is 1. The van der Waals surface area contributed by atoms with Crippen LogP contribution in [0.25, 0.3) is 0 Å². The normalized spacial score (nSPS) is 18.4. The van der Waals surface area contributed by atoms with E-state index >= 15 is 0 Å². The van der Waals surface area contributed by atoms with Crippen LogP contribution in [0, 0.1) is 0 Å². The molecule has 0 aliphatic carbocycles. The van der Waals surface area contributed by atoms with Gasteiger partial charge in [-0.1, -0.05) is 19.0 Å². The van der Waals surface area contributed by atoms with Gasteiger partial charge in [-0.3, -0.25) is 0 Å². The maximum Gasteiger partial charge on any atom is 0.318 e. The van der Waals surface area contributed by atoms with Gasteiger partial charge in [0.25, 0.3) is 0 Å². The fourth-order valence-corrected chi connectivity index (χ4v) is 3.56. The molecule has 2 aromatic rings. The van der Waals surface area contributed by atoms with Gasteiger partial charge in [0.2, 0.25) is 0 Å². The first-order valence-electron chi connectivity index (χ1n) is 8.04. The van der Waals surface area contributed by atoms with E-state index in [4.69, 9.17) is 4.52 Å². The molecule has 1 atom stereocenters. The van der Waals surface area contributed by atoms with Crippen molar-refractivity contribution in [2.24, 2.45) is 0 Å². The van der Waals surface area contributed by atoms with Gasteiger partial charge in [-0.15, -0.1) is 11.3 Å². The molecule has 3 heterocycles. The van der Waals surface area contributed by atoms with Crippen LogP contribution in [-0.4, -0.2) is 27.6 Å². The van der Waals surface area contributed by atoms with E-state index in [0.29, 0.717) is 18.2 Å². The number of nitrogens with one attached hydrogen (secondary N) is 1. The van der Waals surface area contributed by atoms with Crippen LogP contribution < -0.4 is 5.32 Å². The molecule has 23 heavy (non-hydrogen) atoms. The van der Waals surface area contributed by atoms with Crippen molar-refractivity contribution in [3.05, 3.63) is 34.1 Å². The molecule has 1 fully saturated rings. The van der Waals surface area contributed by atoms with Crippen molar-refractivity contribution in [2.45, 2.75) is 51.6 Å². The van der Waals surface area contributed by atoms with Crippen molar-refractivity contribution in [3.8, 4) is 0 Å². The lowest BCUT2D eigenvalue weighted by molar-refractivity contribution is 0.150. The highest BCUT2D eigenvalue weighted by molar-refractivity contribution is 7.09. The summed E-state index contributed by atoms with van der Waals surface area (Å²) in [4.78, 5) is 18.8. The molecule has 0 radical (unpaired) electrons. The van der Waals surface area contributed by atoms with Gasteiger partial charge in [-0.05, 0) is 25.2 Å². The van der Waals surface area contributed by atoms with Crippen LogP contribution in [0.15, 0.2) is 22.2 Å². The predicted octanol–water partition coefficient (Wildman–Crippen LogP) is 3.69. The Bertz CT molecular complexity index is 638. The van der Waals surface area contributed by atoms with Crippen molar-refractivity contribution >= 4 is 17.4 Å². The van der Waals surface area contributed by atoms with Crippen molar-refractivity contribution in [1.82, 2.24) is 20.4 Å². The maximum atomic E-state index is 12.5. The van der Waals surface area contributed by atoms with Gasteiger partial charge in [0, 0.05) is 24.2 Å². The number of rotatable bonds is 4.